The highest BCUT2D eigenvalue weighted by Gasteiger charge is 2.50. The molecule has 0 aromatic heterocycles. The number of anilines is 1. The van der Waals surface area contributed by atoms with E-state index in [1.165, 1.54) is 0 Å². The molecular formula is C20H27N3O4. The molecule has 4 unspecified atom stereocenters. The van der Waals surface area contributed by atoms with E-state index in [9.17, 15) is 9.59 Å². The molecule has 2 bridgehead atoms. The van der Waals surface area contributed by atoms with E-state index in [-0.39, 0.29) is 30.3 Å². The second kappa shape index (κ2) is 7.38. The zero-order chi connectivity index (χ0) is 19.0. The van der Waals surface area contributed by atoms with Gasteiger partial charge in [-0.15, -0.1) is 0 Å². The Balaban J connectivity index is 1.38. The first-order chi connectivity index (χ1) is 13.1. The van der Waals surface area contributed by atoms with Gasteiger partial charge in [-0.3, -0.25) is 9.59 Å². The van der Waals surface area contributed by atoms with E-state index in [1.807, 2.05) is 6.92 Å². The molecule has 1 aromatic rings. The molecule has 4 rings (SSSR count). The number of likely N-dealkylation sites (N-methyl/N-ethyl adjacent to an activating group) is 1. The SMILES string of the molecule is CCN(CC(=O)Nc1ccc2c(c1)OCCO2)C(=O)C1C2CCC(C2)C1N. The molecule has 2 amide bonds. The number of carbonyl (C=O) groups excluding carboxylic acids is 2. The first kappa shape index (κ1) is 18.1. The fraction of sp³-hybridized carbons (Fsp3) is 0.600. The van der Waals surface area contributed by atoms with Crippen LogP contribution >= 0.6 is 0 Å². The lowest BCUT2D eigenvalue weighted by molar-refractivity contribution is -0.140. The van der Waals surface area contributed by atoms with Crippen molar-refractivity contribution in [2.45, 2.75) is 32.2 Å². The fourth-order valence-electron chi connectivity index (χ4n) is 4.75. The first-order valence-corrected chi connectivity index (χ1v) is 9.80. The lowest BCUT2D eigenvalue weighted by Gasteiger charge is -2.32. The van der Waals surface area contributed by atoms with Gasteiger partial charge in [0.15, 0.2) is 11.5 Å². The number of fused-ring (bicyclic) bond motifs is 3. The molecule has 2 saturated carbocycles. The summed E-state index contributed by atoms with van der Waals surface area (Å²) in [7, 11) is 0. The average Bonchev–Trinajstić information content (AvgIpc) is 3.27. The summed E-state index contributed by atoms with van der Waals surface area (Å²) in [5, 5.41) is 2.85. The quantitative estimate of drug-likeness (QED) is 0.818. The van der Waals surface area contributed by atoms with Crippen LogP contribution in [0.2, 0.25) is 0 Å². The van der Waals surface area contributed by atoms with Crippen LogP contribution in [0.4, 0.5) is 5.69 Å². The summed E-state index contributed by atoms with van der Waals surface area (Å²) in [4.78, 5) is 27.1. The summed E-state index contributed by atoms with van der Waals surface area (Å²) in [6.07, 6.45) is 3.26. The minimum Gasteiger partial charge on any atom is -0.486 e. The van der Waals surface area contributed by atoms with E-state index in [1.54, 1.807) is 23.1 Å². The lowest BCUT2D eigenvalue weighted by Crippen LogP contribution is -2.49. The normalized spacial score (nSPS) is 28.1. The van der Waals surface area contributed by atoms with Crippen molar-refractivity contribution in [3.63, 3.8) is 0 Å². The van der Waals surface area contributed by atoms with Crippen molar-refractivity contribution in [1.82, 2.24) is 4.90 Å². The van der Waals surface area contributed by atoms with E-state index in [0.717, 1.165) is 19.3 Å². The highest BCUT2D eigenvalue weighted by atomic mass is 16.6. The van der Waals surface area contributed by atoms with Gasteiger partial charge < -0.3 is 25.4 Å². The molecule has 1 aliphatic heterocycles. The third kappa shape index (κ3) is 3.48. The smallest absolute Gasteiger partial charge is 0.243 e. The number of hydrogen-bond acceptors (Lipinski definition) is 5. The maximum Gasteiger partial charge on any atom is 0.243 e. The number of benzene rings is 1. The van der Waals surface area contributed by atoms with Crippen LogP contribution < -0.4 is 20.5 Å². The van der Waals surface area contributed by atoms with Gasteiger partial charge in [-0.1, -0.05) is 0 Å². The number of carbonyl (C=O) groups is 2. The second-order valence-corrected chi connectivity index (χ2v) is 7.70. The van der Waals surface area contributed by atoms with Crippen molar-refractivity contribution in [3.05, 3.63) is 18.2 Å². The molecule has 27 heavy (non-hydrogen) atoms. The minimum absolute atomic E-state index is 0.0227. The molecule has 1 aromatic carbocycles. The molecule has 2 fully saturated rings. The number of nitrogens with two attached hydrogens (primary N) is 1. The van der Waals surface area contributed by atoms with Crippen LogP contribution in [0.1, 0.15) is 26.2 Å². The third-order valence-corrected chi connectivity index (χ3v) is 6.12. The van der Waals surface area contributed by atoms with Crippen LogP contribution in [0.15, 0.2) is 18.2 Å². The summed E-state index contributed by atoms with van der Waals surface area (Å²) in [6, 6.07) is 5.23. The van der Waals surface area contributed by atoms with Crippen LogP contribution in [-0.2, 0) is 9.59 Å². The Morgan fingerprint density at radius 2 is 1.93 bits per heavy atom. The molecule has 4 atom stereocenters. The Bertz CT molecular complexity index is 736. The van der Waals surface area contributed by atoms with Gasteiger partial charge in [-0.2, -0.15) is 0 Å². The van der Waals surface area contributed by atoms with Gasteiger partial charge in [0, 0.05) is 24.3 Å². The van der Waals surface area contributed by atoms with E-state index in [0.29, 0.717) is 48.8 Å². The molecule has 0 saturated heterocycles. The monoisotopic (exact) mass is 373 g/mol. The van der Waals surface area contributed by atoms with Crippen LogP contribution in [0.3, 0.4) is 0 Å². The number of nitrogens with one attached hydrogen (secondary N) is 1. The van der Waals surface area contributed by atoms with Gasteiger partial charge in [0.05, 0.1) is 12.5 Å². The molecular weight excluding hydrogens is 346 g/mol. The van der Waals surface area contributed by atoms with Crippen LogP contribution in [0.5, 0.6) is 11.5 Å². The van der Waals surface area contributed by atoms with Crippen LogP contribution in [-0.4, -0.2) is 49.1 Å². The molecule has 3 aliphatic rings. The van der Waals surface area contributed by atoms with Crippen molar-refractivity contribution in [2.75, 3.05) is 31.6 Å². The average molecular weight is 373 g/mol. The summed E-state index contributed by atoms with van der Waals surface area (Å²) < 4.78 is 11.0. The Morgan fingerprint density at radius 1 is 1.19 bits per heavy atom. The number of hydrogen-bond donors (Lipinski definition) is 2. The van der Waals surface area contributed by atoms with Gasteiger partial charge >= 0.3 is 0 Å². The lowest BCUT2D eigenvalue weighted by atomic mass is 9.84. The standard InChI is InChI=1S/C20H27N3O4/c1-2-23(20(25)18-12-3-4-13(9-12)19(18)21)11-17(24)22-14-5-6-15-16(10-14)27-8-7-26-15/h5-6,10,12-13,18-19H,2-4,7-9,11,21H2,1H3,(H,22,24). The number of ether oxygens (including phenoxy) is 2. The van der Waals surface area contributed by atoms with Gasteiger partial charge in [0.1, 0.15) is 13.2 Å². The third-order valence-electron chi connectivity index (χ3n) is 6.12. The molecule has 3 N–H and O–H groups in total. The number of amides is 2. The van der Waals surface area contributed by atoms with Gasteiger partial charge in [-0.25, -0.2) is 0 Å². The highest BCUT2D eigenvalue weighted by Crippen LogP contribution is 2.48. The zero-order valence-electron chi connectivity index (χ0n) is 15.6. The Labute approximate surface area is 159 Å². The number of nitrogens with zero attached hydrogens (tertiary/aromatic N) is 1. The largest absolute Gasteiger partial charge is 0.486 e. The van der Waals surface area contributed by atoms with E-state index < -0.39 is 0 Å². The highest BCUT2D eigenvalue weighted by molar-refractivity contribution is 5.95. The van der Waals surface area contributed by atoms with E-state index in [2.05, 4.69) is 5.32 Å². The van der Waals surface area contributed by atoms with E-state index >= 15 is 0 Å². The maximum atomic E-state index is 13.0. The number of rotatable bonds is 5. The molecule has 7 heteroatoms. The van der Waals surface area contributed by atoms with Gasteiger partial charge in [0.2, 0.25) is 11.8 Å². The zero-order valence-corrected chi connectivity index (χ0v) is 15.6. The van der Waals surface area contributed by atoms with Gasteiger partial charge in [-0.05, 0) is 50.2 Å². The van der Waals surface area contributed by atoms with Crippen molar-refractivity contribution >= 4 is 17.5 Å². The summed E-state index contributed by atoms with van der Waals surface area (Å²) >= 11 is 0. The predicted molar refractivity (Wildman–Crippen MR) is 101 cm³/mol. The van der Waals surface area contributed by atoms with Crippen LogP contribution in [0, 0.1) is 17.8 Å². The Morgan fingerprint density at radius 3 is 2.63 bits per heavy atom. The summed E-state index contributed by atoms with van der Waals surface area (Å²) in [6.45, 7) is 3.44. The van der Waals surface area contributed by atoms with Gasteiger partial charge in [0.25, 0.3) is 0 Å². The predicted octanol–water partition coefficient (Wildman–Crippen LogP) is 1.62. The van der Waals surface area contributed by atoms with Crippen molar-refractivity contribution in [3.8, 4) is 11.5 Å². The summed E-state index contributed by atoms with van der Waals surface area (Å²) in [5.41, 5.74) is 6.93. The molecule has 2 aliphatic carbocycles. The maximum absolute atomic E-state index is 13.0. The molecule has 0 spiro atoms. The Kier molecular flexibility index (Phi) is 4.95. The van der Waals surface area contributed by atoms with Crippen molar-refractivity contribution in [2.24, 2.45) is 23.5 Å². The molecule has 146 valence electrons. The van der Waals surface area contributed by atoms with Crippen molar-refractivity contribution in [1.29, 1.82) is 0 Å². The molecule has 0 radical (unpaired) electrons. The topological polar surface area (TPSA) is 93.9 Å². The van der Waals surface area contributed by atoms with Crippen molar-refractivity contribution < 1.29 is 19.1 Å². The fourth-order valence-corrected chi connectivity index (χ4v) is 4.75. The van der Waals surface area contributed by atoms with Crippen LogP contribution in [0.25, 0.3) is 0 Å². The van der Waals surface area contributed by atoms with E-state index in [4.69, 9.17) is 15.2 Å². The molecule has 1 heterocycles. The molecule has 7 nitrogen and oxygen atoms in total. The minimum atomic E-state index is -0.224. The second-order valence-electron chi connectivity index (χ2n) is 7.70. The first-order valence-electron chi connectivity index (χ1n) is 9.80. The summed E-state index contributed by atoms with van der Waals surface area (Å²) in [5.74, 6) is 1.81. The Hall–Kier alpha value is -2.28.